The summed E-state index contributed by atoms with van der Waals surface area (Å²) in [6.07, 6.45) is -2.23. The molecule has 2 N–H and O–H groups in total. The van der Waals surface area contributed by atoms with Gasteiger partial charge in [-0.2, -0.15) is 18.3 Å². The predicted octanol–water partition coefficient (Wildman–Crippen LogP) is 3.52. The molecule has 0 saturated heterocycles. The third kappa shape index (κ3) is 6.79. The molecule has 2 amide bonds. The largest absolute Gasteiger partial charge is 0.444 e. The second-order valence-electron chi connectivity index (χ2n) is 8.40. The van der Waals surface area contributed by atoms with Crippen molar-refractivity contribution in [3.05, 3.63) is 42.2 Å². The number of rotatable bonds is 6. The van der Waals surface area contributed by atoms with Crippen LogP contribution in [0.5, 0.6) is 0 Å². The number of aliphatic hydroxyl groups excluding tert-OH is 1. The number of hydrogen-bond acceptors (Lipinski definition) is 8. The number of nitrogens with one attached hydrogen (secondary N) is 1. The van der Waals surface area contributed by atoms with Gasteiger partial charge in [0.15, 0.2) is 5.69 Å². The molecule has 11 nitrogen and oxygen atoms in total. The molecule has 0 fully saturated rings. The Morgan fingerprint density at radius 1 is 1.29 bits per heavy atom. The second kappa shape index (κ2) is 9.74. The molecule has 188 valence electrons. The van der Waals surface area contributed by atoms with Crippen molar-refractivity contribution in [1.82, 2.24) is 19.7 Å². The number of halogens is 3. The molecule has 35 heavy (non-hydrogen) atoms. The highest BCUT2D eigenvalue weighted by atomic mass is 19.4. The van der Waals surface area contributed by atoms with Crippen molar-refractivity contribution < 1.29 is 37.0 Å². The Hall–Kier alpha value is -3.94. The van der Waals surface area contributed by atoms with Crippen LogP contribution in [0.4, 0.5) is 29.5 Å². The summed E-state index contributed by atoms with van der Waals surface area (Å²) >= 11 is 0. The Labute approximate surface area is 197 Å². The van der Waals surface area contributed by atoms with E-state index >= 15 is 0 Å². The zero-order chi connectivity index (χ0) is 26.0. The van der Waals surface area contributed by atoms with Gasteiger partial charge in [-0.1, -0.05) is 0 Å². The molecule has 0 aliphatic carbocycles. The van der Waals surface area contributed by atoms with Crippen LogP contribution in [0.15, 0.2) is 35.2 Å². The predicted molar refractivity (Wildman–Crippen MR) is 116 cm³/mol. The van der Waals surface area contributed by atoms with Gasteiger partial charge in [0, 0.05) is 25.0 Å². The normalized spacial score (nSPS) is 11.9. The summed E-state index contributed by atoms with van der Waals surface area (Å²) in [6.45, 7) is 2.54. The van der Waals surface area contributed by atoms with Gasteiger partial charge in [-0.25, -0.2) is 14.8 Å². The van der Waals surface area contributed by atoms with E-state index in [1.807, 2.05) is 0 Å². The van der Waals surface area contributed by atoms with Crippen LogP contribution in [0.2, 0.25) is 0 Å². The van der Waals surface area contributed by atoms with Gasteiger partial charge in [-0.15, -0.1) is 0 Å². The number of carbonyl (C=O) groups is 2. The first-order valence-corrected chi connectivity index (χ1v) is 10.2. The van der Waals surface area contributed by atoms with E-state index in [9.17, 15) is 27.9 Å². The monoisotopic (exact) mass is 496 g/mol. The summed E-state index contributed by atoms with van der Waals surface area (Å²) in [7, 11) is 1.61. The number of aryl methyl sites for hydroxylation is 1. The Morgan fingerprint density at radius 2 is 2.00 bits per heavy atom. The van der Waals surface area contributed by atoms with E-state index in [1.165, 1.54) is 43.9 Å². The highest BCUT2D eigenvalue weighted by molar-refractivity contribution is 6.03. The van der Waals surface area contributed by atoms with Crippen LogP contribution < -0.4 is 10.2 Å². The second-order valence-corrected chi connectivity index (χ2v) is 8.40. The van der Waals surface area contributed by atoms with Crippen molar-refractivity contribution in [2.75, 3.05) is 16.8 Å². The lowest BCUT2D eigenvalue weighted by atomic mass is 10.2. The highest BCUT2D eigenvalue weighted by Crippen LogP contribution is 2.27. The van der Waals surface area contributed by atoms with E-state index in [4.69, 9.17) is 9.15 Å². The molecular formula is C21H23F3N6O5. The van der Waals surface area contributed by atoms with Gasteiger partial charge in [0.1, 0.15) is 29.9 Å². The fourth-order valence-electron chi connectivity index (χ4n) is 2.89. The minimum absolute atomic E-state index is 0.0940. The molecular weight excluding hydrogens is 473 g/mol. The van der Waals surface area contributed by atoms with Crippen LogP contribution in [0.25, 0.3) is 11.5 Å². The van der Waals surface area contributed by atoms with E-state index in [-0.39, 0.29) is 34.3 Å². The quantitative estimate of drug-likeness (QED) is 0.529. The number of aliphatic hydroxyl groups is 1. The number of oxazole rings is 1. The first-order chi connectivity index (χ1) is 16.3. The summed E-state index contributed by atoms with van der Waals surface area (Å²) in [5.41, 5.74) is -0.480. The van der Waals surface area contributed by atoms with Crippen molar-refractivity contribution in [1.29, 1.82) is 0 Å². The lowest BCUT2D eigenvalue weighted by Crippen LogP contribution is -2.42. The molecule has 0 aliphatic rings. The van der Waals surface area contributed by atoms with Gasteiger partial charge in [0.2, 0.25) is 5.89 Å². The molecule has 0 spiro atoms. The third-order valence-corrected chi connectivity index (χ3v) is 4.26. The maximum absolute atomic E-state index is 13.2. The van der Waals surface area contributed by atoms with Crippen molar-refractivity contribution in [3.63, 3.8) is 0 Å². The molecule has 3 aromatic heterocycles. The van der Waals surface area contributed by atoms with Gasteiger partial charge < -0.3 is 19.6 Å². The lowest BCUT2D eigenvalue weighted by molar-refractivity contribution is -0.119. The average molecular weight is 496 g/mol. The van der Waals surface area contributed by atoms with E-state index < -0.39 is 36.9 Å². The van der Waals surface area contributed by atoms with Crippen LogP contribution >= 0.6 is 0 Å². The van der Waals surface area contributed by atoms with Crippen LogP contribution in [-0.2, 0) is 18.4 Å². The van der Waals surface area contributed by atoms with E-state index in [0.717, 1.165) is 12.3 Å². The fourth-order valence-corrected chi connectivity index (χ4v) is 2.89. The molecule has 3 aromatic rings. The number of hydrogen-bond donors (Lipinski definition) is 2. The van der Waals surface area contributed by atoms with Crippen molar-refractivity contribution in [3.8, 4) is 11.5 Å². The van der Waals surface area contributed by atoms with Gasteiger partial charge in [0.05, 0.1) is 12.3 Å². The summed E-state index contributed by atoms with van der Waals surface area (Å²) in [6, 6.07) is 2.55. The van der Waals surface area contributed by atoms with Gasteiger partial charge in [0.25, 0.3) is 5.91 Å². The van der Waals surface area contributed by atoms with E-state index in [1.54, 1.807) is 7.05 Å². The molecule has 0 saturated carbocycles. The molecule has 3 rings (SSSR count). The van der Waals surface area contributed by atoms with Crippen molar-refractivity contribution in [2.24, 2.45) is 7.05 Å². The van der Waals surface area contributed by atoms with Crippen molar-refractivity contribution >= 4 is 23.5 Å². The van der Waals surface area contributed by atoms with Crippen LogP contribution in [0, 0.1) is 0 Å². The minimum atomic E-state index is -4.72. The molecule has 0 unspecified atom stereocenters. The summed E-state index contributed by atoms with van der Waals surface area (Å²) in [5.74, 6) is -1.10. The lowest BCUT2D eigenvalue weighted by Gasteiger charge is -2.27. The SMILES string of the molecule is Cn1cc(NC(=O)c2coc(-c3ccnc(N(CC(F)(F)F)C(=O)OC(C)(C)C)c3)n2)c(CO)n1. The minimum Gasteiger partial charge on any atom is -0.444 e. The maximum Gasteiger partial charge on any atom is 0.416 e. The third-order valence-electron chi connectivity index (χ3n) is 4.26. The average Bonchev–Trinajstić information content (AvgIpc) is 3.37. The molecule has 0 radical (unpaired) electrons. The number of ether oxygens (including phenoxy) is 1. The number of carbonyl (C=O) groups excluding carboxylic acids is 2. The Kier molecular flexibility index (Phi) is 7.14. The van der Waals surface area contributed by atoms with Gasteiger partial charge in [-0.05, 0) is 32.9 Å². The maximum atomic E-state index is 13.2. The Bertz CT molecular complexity index is 1210. The molecule has 0 aromatic carbocycles. The van der Waals surface area contributed by atoms with Crippen LogP contribution in [-0.4, -0.2) is 55.2 Å². The Balaban J connectivity index is 1.86. The topological polar surface area (TPSA) is 136 Å². The molecule has 0 atom stereocenters. The molecule has 0 bridgehead atoms. The van der Waals surface area contributed by atoms with Crippen molar-refractivity contribution in [2.45, 2.75) is 39.2 Å². The van der Waals surface area contributed by atoms with Gasteiger partial charge >= 0.3 is 12.3 Å². The van der Waals surface area contributed by atoms with Crippen LogP contribution in [0.3, 0.4) is 0 Å². The van der Waals surface area contributed by atoms with Crippen LogP contribution in [0.1, 0.15) is 37.0 Å². The number of anilines is 2. The Morgan fingerprint density at radius 3 is 2.63 bits per heavy atom. The van der Waals surface area contributed by atoms with E-state index in [0.29, 0.717) is 4.90 Å². The summed E-state index contributed by atoms with van der Waals surface area (Å²) in [5, 5.41) is 15.9. The first kappa shape index (κ1) is 25.7. The number of pyridine rings is 1. The first-order valence-electron chi connectivity index (χ1n) is 10.2. The number of nitrogens with zero attached hydrogens (tertiary/aromatic N) is 5. The number of alkyl halides is 3. The standard InChI is InChI=1S/C21H23F3N6O5/c1-20(2,3)35-19(33)30(11-21(22,23)24)16-7-12(5-6-25-16)18-27-15(10-34-18)17(32)26-13-8-29(4)28-14(13)9-31/h5-8,10,31H,9,11H2,1-4H3,(H,26,32). The molecule has 0 aliphatic heterocycles. The molecule has 14 heteroatoms. The summed E-state index contributed by atoms with van der Waals surface area (Å²) in [4.78, 5) is 33.3. The molecule has 3 heterocycles. The number of amides is 2. The highest BCUT2D eigenvalue weighted by Gasteiger charge is 2.36. The smallest absolute Gasteiger partial charge is 0.416 e. The number of aromatic nitrogens is 4. The zero-order valence-electron chi connectivity index (χ0n) is 19.3. The van der Waals surface area contributed by atoms with Gasteiger partial charge in [-0.3, -0.25) is 14.4 Å². The fraction of sp³-hybridized carbons (Fsp3) is 0.381. The zero-order valence-corrected chi connectivity index (χ0v) is 19.3. The van der Waals surface area contributed by atoms with E-state index in [2.05, 4.69) is 20.4 Å². The summed E-state index contributed by atoms with van der Waals surface area (Å²) < 4.78 is 51.3.